The van der Waals surface area contributed by atoms with Crippen LogP contribution in [-0.2, 0) is 21.2 Å². The minimum atomic E-state index is -3.69. The summed E-state index contributed by atoms with van der Waals surface area (Å²) in [6, 6.07) is 4.66. The van der Waals surface area contributed by atoms with Crippen molar-refractivity contribution in [1.82, 2.24) is 10.0 Å². The molecule has 0 aliphatic carbocycles. The number of hydrogen-bond acceptors (Lipinski definition) is 4. The van der Waals surface area contributed by atoms with Crippen LogP contribution in [-0.4, -0.2) is 27.9 Å². The first-order chi connectivity index (χ1) is 9.64. The number of carbonyl (C=O) groups is 1. The fourth-order valence-corrected chi connectivity index (χ4v) is 3.09. The van der Waals surface area contributed by atoms with Gasteiger partial charge in [0.2, 0.25) is 15.9 Å². The highest BCUT2D eigenvalue weighted by Gasteiger charge is 2.29. The third kappa shape index (κ3) is 4.18. The molecule has 1 amide bonds. The smallest absolute Gasteiger partial charge is 0.240 e. The third-order valence-corrected chi connectivity index (χ3v) is 4.75. The van der Waals surface area contributed by atoms with Crippen molar-refractivity contribution >= 4 is 21.6 Å². The summed E-state index contributed by atoms with van der Waals surface area (Å²) in [6.07, 6.45) is 0.739. The Morgan fingerprint density at radius 3 is 2.43 bits per heavy atom. The SMILES string of the molecule is CCc1ccc(S(=O)(=O)NCC(C)(C)C(=O)NC)cc1N. The second-order valence-corrected chi connectivity index (χ2v) is 7.27. The summed E-state index contributed by atoms with van der Waals surface area (Å²) in [5.41, 5.74) is 6.34. The van der Waals surface area contributed by atoms with Crippen molar-refractivity contribution in [3.63, 3.8) is 0 Å². The lowest BCUT2D eigenvalue weighted by molar-refractivity contribution is -0.128. The lowest BCUT2D eigenvalue weighted by Crippen LogP contribution is -2.43. The Bertz CT molecular complexity index is 624. The number of sulfonamides is 1. The first-order valence-electron chi connectivity index (χ1n) is 6.74. The Kier molecular flexibility index (Phi) is 5.36. The van der Waals surface area contributed by atoms with E-state index in [9.17, 15) is 13.2 Å². The number of nitrogens with two attached hydrogens (primary N) is 1. The highest BCUT2D eigenvalue weighted by Crippen LogP contribution is 2.20. The van der Waals surface area contributed by atoms with Gasteiger partial charge in [-0.1, -0.05) is 13.0 Å². The predicted molar refractivity (Wildman–Crippen MR) is 83.3 cm³/mol. The molecule has 1 rings (SSSR count). The highest BCUT2D eigenvalue weighted by atomic mass is 32.2. The molecule has 0 fully saturated rings. The molecule has 0 saturated heterocycles. The van der Waals surface area contributed by atoms with E-state index in [1.165, 1.54) is 19.2 Å². The number of anilines is 1. The van der Waals surface area contributed by atoms with Crippen LogP contribution in [0.25, 0.3) is 0 Å². The van der Waals surface area contributed by atoms with Crippen LogP contribution in [0, 0.1) is 5.41 Å². The van der Waals surface area contributed by atoms with E-state index in [4.69, 9.17) is 5.73 Å². The molecule has 0 aliphatic rings. The minimum absolute atomic E-state index is 0.00441. The lowest BCUT2D eigenvalue weighted by atomic mass is 9.93. The van der Waals surface area contributed by atoms with Gasteiger partial charge in [-0.25, -0.2) is 13.1 Å². The van der Waals surface area contributed by atoms with Gasteiger partial charge >= 0.3 is 0 Å². The molecule has 0 saturated carbocycles. The number of aryl methyl sites for hydroxylation is 1. The molecule has 1 aromatic carbocycles. The third-order valence-electron chi connectivity index (χ3n) is 3.35. The van der Waals surface area contributed by atoms with Crippen molar-refractivity contribution in [3.8, 4) is 0 Å². The van der Waals surface area contributed by atoms with E-state index >= 15 is 0 Å². The molecule has 4 N–H and O–H groups in total. The summed E-state index contributed by atoms with van der Waals surface area (Å²) in [6.45, 7) is 5.29. The average molecular weight is 313 g/mol. The van der Waals surface area contributed by atoms with Gasteiger partial charge in [-0.3, -0.25) is 4.79 Å². The molecular formula is C14H23N3O3S. The zero-order valence-corrected chi connectivity index (χ0v) is 13.7. The van der Waals surface area contributed by atoms with Crippen molar-refractivity contribution < 1.29 is 13.2 Å². The number of nitrogens with one attached hydrogen (secondary N) is 2. The first kappa shape index (κ1) is 17.5. The minimum Gasteiger partial charge on any atom is -0.398 e. The van der Waals surface area contributed by atoms with E-state index in [2.05, 4.69) is 10.0 Å². The van der Waals surface area contributed by atoms with Crippen LogP contribution in [0.5, 0.6) is 0 Å². The Morgan fingerprint density at radius 2 is 1.95 bits per heavy atom. The molecule has 118 valence electrons. The van der Waals surface area contributed by atoms with Gasteiger partial charge in [0.1, 0.15) is 0 Å². The van der Waals surface area contributed by atoms with Gasteiger partial charge in [0, 0.05) is 19.3 Å². The maximum Gasteiger partial charge on any atom is 0.240 e. The normalized spacial score (nSPS) is 12.2. The van der Waals surface area contributed by atoms with Crippen LogP contribution in [0.1, 0.15) is 26.3 Å². The number of amides is 1. The molecule has 0 bridgehead atoms. The topological polar surface area (TPSA) is 101 Å². The maximum absolute atomic E-state index is 12.2. The molecule has 0 heterocycles. The summed E-state index contributed by atoms with van der Waals surface area (Å²) in [5.74, 6) is -0.231. The van der Waals surface area contributed by atoms with Crippen LogP contribution < -0.4 is 15.8 Å². The van der Waals surface area contributed by atoms with Crippen molar-refractivity contribution in [2.24, 2.45) is 5.41 Å². The Morgan fingerprint density at radius 1 is 1.33 bits per heavy atom. The lowest BCUT2D eigenvalue weighted by Gasteiger charge is -2.22. The second kappa shape index (κ2) is 6.44. The largest absolute Gasteiger partial charge is 0.398 e. The van der Waals surface area contributed by atoms with E-state index in [1.54, 1.807) is 19.9 Å². The molecule has 0 atom stereocenters. The Hall–Kier alpha value is -1.60. The molecule has 6 nitrogen and oxygen atoms in total. The second-order valence-electron chi connectivity index (χ2n) is 5.50. The van der Waals surface area contributed by atoms with Crippen LogP contribution in [0.3, 0.4) is 0 Å². The highest BCUT2D eigenvalue weighted by molar-refractivity contribution is 7.89. The van der Waals surface area contributed by atoms with Crippen LogP contribution in [0.2, 0.25) is 0 Å². The monoisotopic (exact) mass is 313 g/mol. The quantitative estimate of drug-likeness (QED) is 0.679. The number of nitrogen functional groups attached to an aromatic ring is 1. The summed E-state index contributed by atoms with van der Waals surface area (Å²) in [4.78, 5) is 11.8. The summed E-state index contributed by atoms with van der Waals surface area (Å²) in [7, 11) is -2.18. The number of benzene rings is 1. The van der Waals surface area contributed by atoms with Gasteiger partial charge in [0.15, 0.2) is 0 Å². The summed E-state index contributed by atoms with van der Waals surface area (Å²) < 4.78 is 26.9. The fraction of sp³-hybridized carbons (Fsp3) is 0.500. The molecular weight excluding hydrogens is 290 g/mol. The zero-order valence-electron chi connectivity index (χ0n) is 12.9. The van der Waals surface area contributed by atoms with Gasteiger partial charge in [-0.15, -0.1) is 0 Å². The molecule has 7 heteroatoms. The van der Waals surface area contributed by atoms with Crippen LogP contribution >= 0.6 is 0 Å². The van der Waals surface area contributed by atoms with Crippen molar-refractivity contribution in [3.05, 3.63) is 23.8 Å². The Labute approximate surface area is 126 Å². The van der Waals surface area contributed by atoms with Crippen LogP contribution in [0.15, 0.2) is 23.1 Å². The van der Waals surface area contributed by atoms with E-state index in [0.717, 1.165) is 12.0 Å². The van der Waals surface area contributed by atoms with Gasteiger partial charge in [0.25, 0.3) is 0 Å². The fourth-order valence-electron chi connectivity index (χ4n) is 1.84. The Balaban J connectivity index is 2.92. The van der Waals surface area contributed by atoms with Gasteiger partial charge < -0.3 is 11.1 Å². The maximum atomic E-state index is 12.2. The van der Waals surface area contributed by atoms with E-state index in [1.807, 2.05) is 6.92 Å². The van der Waals surface area contributed by atoms with E-state index in [-0.39, 0.29) is 17.3 Å². The molecule has 0 unspecified atom stereocenters. The molecule has 0 aromatic heterocycles. The average Bonchev–Trinajstić information content (AvgIpc) is 2.44. The number of carbonyl (C=O) groups excluding carboxylic acids is 1. The molecule has 21 heavy (non-hydrogen) atoms. The zero-order chi connectivity index (χ0) is 16.3. The van der Waals surface area contributed by atoms with E-state index < -0.39 is 15.4 Å². The number of rotatable bonds is 6. The van der Waals surface area contributed by atoms with Crippen molar-refractivity contribution in [2.45, 2.75) is 32.1 Å². The molecule has 0 spiro atoms. The predicted octanol–water partition coefficient (Wildman–Crippen LogP) is 0.882. The summed E-state index contributed by atoms with van der Waals surface area (Å²) >= 11 is 0. The van der Waals surface area contributed by atoms with Crippen molar-refractivity contribution in [2.75, 3.05) is 19.3 Å². The van der Waals surface area contributed by atoms with Gasteiger partial charge in [-0.05, 0) is 38.0 Å². The van der Waals surface area contributed by atoms with Crippen molar-refractivity contribution in [1.29, 1.82) is 0 Å². The van der Waals surface area contributed by atoms with E-state index in [0.29, 0.717) is 5.69 Å². The first-order valence-corrected chi connectivity index (χ1v) is 8.22. The standard InChI is InChI=1S/C14H23N3O3S/c1-5-10-6-7-11(8-12(10)15)21(19,20)17-9-14(2,3)13(18)16-4/h6-8,17H,5,9,15H2,1-4H3,(H,16,18). The van der Waals surface area contributed by atoms with Crippen LogP contribution in [0.4, 0.5) is 5.69 Å². The van der Waals surface area contributed by atoms with Gasteiger partial charge in [-0.2, -0.15) is 0 Å². The van der Waals surface area contributed by atoms with Gasteiger partial charge in [0.05, 0.1) is 10.3 Å². The molecule has 0 radical (unpaired) electrons. The number of hydrogen-bond donors (Lipinski definition) is 3. The molecule has 1 aromatic rings. The summed E-state index contributed by atoms with van der Waals surface area (Å²) in [5, 5.41) is 2.51. The molecule has 0 aliphatic heterocycles.